The third-order valence-electron chi connectivity index (χ3n) is 3.08. The van der Waals surface area contributed by atoms with Gasteiger partial charge in [0.05, 0.1) is 0 Å². The maximum atomic E-state index is 5.61. The molecule has 1 aliphatic rings. The Hall–Kier alpha value is -0.700. The van der Waals surface area contributed by atoms with Crippen LogP contribution in [0.1, 0.15) is 44.0 Å². The Kier molecular flexibility index (Phi) is 4.21. The van der Waals surface area contributed by atoms with Gasteiger partial charge in [0.1, 0.15) is 13.2 Å². The lowest BCUT2D eigenvalue weighted by Crippen LogP contribution is -2.15. The molecule has 0 aliphatic carbocycles. The van der Waals surface area contributed by atoms with Crippen LogP contribution in [0.3, 0.4) is 0 Å². The lowest BCUT2D eigenvalue weighted by Gasteiger charge is -2.22. The third kappa shape index (κ3) is 3.64. The van der Waals surface area contributed by atoms with E-state index in [0.717, 1.165) is 17.9 Å². The maximum Gasteiger partial charge on any atom is 0.161 e. The Morgan fingerprint density at radius 3 is 2.50 bits per heavy atom. The molecular weight excluding hydrogens is 292 g/mol. The minimum Gasteiger partial charge on any atom is -0.486 e. The van der Waals surface area contributed by atoms with Crippen LogP contribution in [0.15, 0.2) is 18.2 Å². The normalized spacial score (nSPS) is 16.4. The van der Waals surface area contributed by atoms with Gasteiger partial charge in [-0.1, -0.05) is 42.8 Å². The monoisotopic (exact) mass is 312 g/mol. The first kappa shape index (κ1) is 13.7. The second-order valence-corrected chi connectivity index (χ2v) is 7.08. The van der Waals surface area contributed by atoms with Gasteiger partial charge in [0, 0.05) is 4.83 Å². The van der Waals surface area contributed by atoms with E-state index >= 15 is 0 Å². The summed E-state index contributed by atoms with van der Waals surface area (Å²) in [5.74, 6) is 1.74. The Morgan fingerprint density at radius 2 is 1.83 bits per heavy atom. The Labute approximate surface area is 118 Å². The number of fused-ring (bicyclic) bond motifs is 1. The number of alkyl halides is 1. The zero-order chi connectivity index (χ0) is 13.2. The smallest absolute Gasteiger partial charge is 0.161 e. The predicted molar refractivity (Wildman–Crippen MR) is 77.8 cm³/mol. The predicted octanol–water partition coefficient (Wildman–Crippen LogP) is 4.72. The average molecular weight is 313 g/mol. The van der Waals surface area contributed by atoms with Crippen molar-refractivity contribution in [2.75, 3.05) is 13.2 Å². The zero-order valence-corrected chi connectivity index (χ0v) is 12.9. The molecule has 0 N–H and O–H groups in total. The Bertz CT molecular complexity index is 409. The van der Waals surface area contributed by atoms with Crippen molar-refractivity contribution in [1.82, 2.24) is 0 Å². The van der Waals surface area contributed by atoms with Crippen molar-refractivity contribution in [3.63, 3.8) is 0 Å². The molecule has 0 bridgehead atoms. The van der Waals surface area contributed by atoms with E-state index in [0.29, 0.717) is 23.5 Å². The van der Waals surface area contributed by atoms with Gasteiger partial charge in [-0.25, -0.2) is 0 Å². The quantitative estimate of drug-likeness (QED) is 0.752. The van der Waals surface area contributed by atoms with Crippen molar-refractivity contribution < 1.29 is 9.47 Å². The first-order valence-corrected chi connectivity index (χ1v) is 7.41. The number of ether oxygens (including phenoxy) is 2. The molecule has 1 aromatic carbocycles. The van der Waals surface area contributed by atoms with Crippen molar-refractivity contribution in [3.05, 3.63) is 23.8 Å². The topological polar surface area (TPSA) is 18.5 Å². The first-order chi connectivity index (χ1) is 8.46. The molecule has 1 aliphatic heterocycles. The van der Waals surface area contributed by atoms with Crippen molar-refractivity contribution in [2.45, 2.75) is 38.4 Å². The lowest BCUT2D eigenvalue weighted by atomic mass is 9.89. The highest BCUT2D eigenvalue weighted by Gasteiger charge is 2.17. The summed E-state index contributed by atoms with van der Waals surface area (Å²) >= 11 is 3.77. The molecule has 1 heterocycles. The standard InChI is InChI=1S/C15H21BrO2/c1-15(2,3)7-6-12(16)11-4-5-13-14(10-11)18-9-8-17-13/h4-5,10,12H,6-9H2,1-3H3. The van der Waals surface area contributed by atoms with Gasteiger partial charge in [0.25, 0.3) is 0 Å². The summed E-state index contributed by atoms with van der Waals surface area (Å²) in [6, 6.07) is 6.22. The molecule has 18 heavy (non-hydrogen) atoms. The van der Waals surface area contributed by atoms with Crippen LogP contribution in [0.4, 0.5) is 0 Å². The van der Waals surface area contributed by atoms with E-state index < -0.39 is 0 Å². The molecule has 0 radical (unpaired) electrons. The molecule has 2 nitrogen and oxygen atoms in total. The van der Waals surface area contributed by atoms with Crippen LogP contribution in [-0.2, 0) is 0 Å². The fraction of sp³-hybridized carbons (Fsp3) is 0.600. The molecule has 0 saturated carbocycles. The first-order valence-electron chi connectivity index (χ1n) is 6.49. The van der Waals surface area contributed by atoms with Crippen LogP contribution in [0.2, 0.25) is 0 Å². The van der Waals surface area contributed by atoms with E-state index in [1.54, 1.807) is 0 Å². The van der Waals surface area contributed by atoms with Crippen LogP contribution in [-0.4, -0.2) is 13.2 Å². The number of benzene rings is 1. The van der Waals surface area contributed by atoms with E-state index in [4.69, 9.17) is 9.47 Å². The van der Waals surface area contributed by atoms with Gasteiger partial charge in [-0.15, -0.1) is 0 Å². The minimum atomic E-state index is 0.375. The van der Waals surface area contributed by atoms with Crippen LogP contribution < -0.4 is 9.47 Å². The molecule has 0 aromatic heterocycles. The molecule has 0 amide bonds. The molecular formula is C15H21BrO2. The molecule has 0 saturated heterocycles. The number of halogens is 1. The maximum absolute atomic E-state index is 5.61. The summed E-state index contributed by atoms with van der Waals surface area (Å²) < 4.78 is 11.1. The summed E-state index contributed by atoms with van der Waals surface area (Å²) in [5, 5.41) is 0. The second-order valence-electron chi connectivity index (χ2n) is 5.97. The Morgan fingerprint density at radius 1 is 1.17 bits per heavy atom. The molecule has 1 atom stereocenters. The number of hydrogen-bond acceptors (Lipinski definition) is 2. The summed E-state index contributed by atoms with van der Waals surface area (Å²) in [4.78, 5) is 0.382. The molecule has 100 valence electrons. The summed E-state index contributed by atoms with van der Waals surface area (Å²) in [6.07, 6.45) is 2.32. The molecule has 2 rings (SSSR count). The lowest BCUT2D eigenvalue weighted by molar-refractivity contribution is 0.171. The highest BCUT2D eigenvalue weighted by Crippen LogP contribution is 2.38. The van der Waals surface area contributed by atoms with Crippen LogP contribution in [0.5, 0.6) is 11.5 Å². The minimum absolute atomic E-state index is 0.375. The van der Waals surface area contributed by atoms with Gasteiger partial charge in [-0.2, -0.15) is 0 Å². The van der Waals surface area contributed by atoms with E-state index in [1.165, 1.54) is 12.0 Å². The van der Waals surface area contributed by atoms with Gasteiger partial charge in [-0.3, -0.25) is 0 Å². The summed E-state index contributed by atoms with van der Waals surface area (Å²) in [7, 11) is 0. The SMILES string of the molecule is CC(C)(C)CCC(Br)c1ccc2c(c1)OCCO2. The van der Waals surface area contributed by atoms with Crippen molar-refractivity contribution in [1.29, 1.82) is 0 Å². The van der Waals surface area contributed by atoms with Crippen LogP contribution >= 0.6 is 15.9 Å². The average Bonchev–Trinajstić information content (AvgIpc) is 2.34. The summed E-state index contributed by atoms with van der Waals surface area (Å²) in [5.41, 5.74) is 1.64. The van der Waals surface area contributed by atoms with Crippen molar-refractivity contribution in [3.8, 4) is 11.5 Å². The van der Waals surface area contributed by atoms with Gasteiger partial charge >= 0.3 is 0 Å². The van der Waals surface area contributed by atoms with Gasteiger partial charge in [-0.05, 0) is 36.0 Å². The van der Waals surface area contributed by atoms with E-state index in [-0.39, 0.29) is 0 Å². The fourth-order valence-corrected chi connectivity index (χ4v) is 2.49. The van der Waals surface area contributed by atoms with Crippen LogP contribution in [0, 0.1) is 5.41 Å². The van der Waals surface area contributed by atoms with Gasteiger partial charge in [0.15, 0.2) is 11.5 Å². The van der Waals surface area contributed by atoms with E-state index in [2.05, 4.69) is 48.8 Å². The highest BCUT2D eigenvalue weighted by molar-refractivity contribution is 9.09. The van der Waals surface area contributed by atoms with Crippen molar-refractivity contribution in [2.24, 2.45) is 5.41 Å². The second kappa shape index (κ2) is 5.52. The zero-order valence-electron chi connectivity index (χ0n) is 11.3. The highest BCUT2D eigenvalue weighted by atomic mass is 79.9. The summed E-state index contributed by atoms with van der Waals surface area (Å²) in [6.45, 7) is 8.11. The number of rotatable bonds is 3. The largest absolute Gasteiger partial charge is 0.486 e. The van der Waals surface area contributed by atoms with Gasteiger partial charge in [0.2, 0.25) is 0 Å². The third-order valence-corrected chi connectivity index (χ3v) is 4.06. The van der Waals surface area contributed by atoms with Crippen LogP contribution in [0.25, 0.3) is 0 Å². The Balaban J connectivity index is 2.04. The molecule has 1 aromatic rings. The van der Waals surface area contributed by atoms with E-state index in [1.807, 2.05) is 6.07 Å². The molecule has 0 spiro atoms. The van der Waals surface area contributed by atoms with Crippen molar-refractivity contribution >= 4 is 15.9 Å². The van der Waals surface area contributed by atoms with E-state index in [9.17, 15) is 0 Å². The van der Waals surface area contributed by atoms with Gasteiger partial charge < -0.3 is 9.47 Å². The molecule has 3 heteroatoms. The molecule has 1 unspecified atom stereocenters. The molecule has 0 fully saturated rings. The fourth-order valence-electron chi connectivity index (χ4n) is 1.98. The number of hydrogen-bond donors (Lipinski definition) is 0.